The number of ether oxygens (including phenoxy) is 1. The SMILES string of the molecule is OC1=CC(N2CCOCC2)=CC2NCCCCCCCCCC12. The van der Waals surface area contributed by atoms with Gasteiger partial charge < -0.3 is 20.1 Å². The quantitative estimate of drug-likeness (QED) is 0.777. The molecule has 4 nitrogen and oxygen atoms in total. The average molecular weight is 320 g/mol. The number of morpholine rings is 1. The van der Waals surface area contributed by atoms with Crippen LogP contribution in [0.15, 0.2) is 23.6 Å². The lowest BCUT2D eigenvalue weighted by Gasteiger charge is -2.36. The first-order chi connectivity index (χ1) is 11.3. The summed E-state index contributed by atoms with van der Waals surface area (Å²) in [4.78, 5) is 2.34. The minimum absolute atomic E-state index is 0.249. The Morgan fingerprint density at radius 2 is 1.70 bits per heavy atom. The summed E-state index contributed by atoms with van der Waals surface area (Å²) in [5, 5.41) is 14.3. The van der Waals surface area contributed by atoms with Crippen LogP contribution in [0.5, 0.6) is 0 Å². The second-order valence-electron chi connectivity index (χ2n) is 7.11. The zero-order valence-corrected chi connectivity index (χ0v) is 14.3. The van der Waals surface area contributed by atoms with Gasteiger partial charge in [-0.2, -0.15) is 0 Å². The van der Waals surface area contributed by atoms with Crippen LogP contribution in [0, 0.1) is 5.92 Å². The lowest BCUT2D eigenvalue weighted by molar-refractivity contribution is 0.0542. The molecule has 2 heterocycles. The van der Waals surface area contributed by atoms with E-state index in [1.807, 2.05) is 6.08 Å². The maximum absolute atomic E-state index is 10.6. The van der Waals surface area contributed by atoms with Gasteiger partial charge in [0.05, 0.1) is 19.0 Å². The molecule has 2 unspecified atom stereocenters. The van der Waals surface area contributed by atoms with Crippen LogP contribution in [0.3, 0.4) is 0 Å². The Morgan fingerprint density at radius 1 is 1.00 bits per heavy atom. The number of rotatable bonds is 1. The Morgan fingerprint density at radius 3 is 2.48 bits per heavy atom. The van der Waals surface area contributed by atoms with E-state index >= 15 is 0 Å². The number of aliphatic hydroxyl groups excluding tert-OH is 1. The fourth-order valence-electron chi connectivity index (χ4n) is 3.98. The predicted molar refractivity (Wildman–Crippen MR) is 93.4 cm³/mol. The van der Waals surface area contributed by atoms with Gasteiger partial charge in [0.1, 0.15) is 0 Å². The van der Waals surface area contributed by atoms with Crippen molar-refractivity contribution in [2.75, 3.05) is 32.8 Å². The second kappa shape index (κ2) is 8.74. The van der Waals surface area contributed by atoms with E-state index < -0.39 is 0 Å². The topological polar surface area (TPSA) is 44.7 Å². The third-order valence-electron chi connectivity index (χ3n) is 5.41. The van der Waals surface area contributed by atoms with Crippen LogP contribution in [0.4, 0.5) is 0 Å². The van der Waals surface area contributed by atoms with Crippen molar-refractivity contribution in [3.8, 4) is 0 Å². The minimum Gasteiger partial charge on any atom is -0.512 e. The van der Waals surface area contributed by atoms with Crippen molar-refractivity contribution in [3.63, 3.8) is 0 Å². The van der Waals surface area contributed by atoms with E-state index in [1.165, 1.54) is 50.6 Å². The van der Waals surface area contributed by atoms with E-state index in [0.717, 1.165) is 39.3 Å². The van der Waals surface area contributed by atoms with Gasteiger partial charge in [-0.05, 0) is 31.5 Å². The van der Waals surface area contributed by atoms with Crippen LogP contribution in [0.25, 0.3) is 0 Å². The number of hydrogen-bond donors (Lipinski definition) is 2. The van der Waals surface area contributed by atoms with Gasteiger partial charge in [-0.25, -0.2) is 0 Å². The first kappa shape index (κ1) is 16.8. The van der Waals surface area contributed by atoms with Crippen LogP contribution < -0.4 is 5.32 Å². The minimum atomic E-state index is 0.249. The number of allylic oxidation sites excluding steroid dienone is 1. The van der Waals surface area contributed by atoms with Crippen LogP contribution in [0.1, 0.15) is 51.4 Å². The van der Waals surface area contributed by atoms with Gasteiger partial charge in [-0.1, -0.05) is 38.5 Å². The normalized spacial score (nSPS) is 31.2. The lowest BCUT2D eigenvalue weighted by Crippen LogP contribution is -2.42. The van der Waals surface area contributed by atoms with E-state index in [9.17, 15) is 5.11 Å². The molecule has 0 aromatic carbocycles. The third-order valence-corrected chi connectivity index (χ3v) is 5.41. The molecule has 2 atom stereocenters. The Hall–Kier alpha value is -1.00. The molecular formula is C19H32N2O2. The highest BCUT2D eigenvalue weighted by molar-refractivity contribution is 5.30. The van der Waals surface area contributed by atoms with E-state index in [1.54, 1.807) is 0 Å². The van der Waals surface area contributed by atoms with Crippen molar-refractivity contribution in [2.24, 2.45) is 5.92 Å². The monoisotopic (exact) mass is 320 g/mol. The van der Waals surface area contributed by atoms with Crippen molar-refractivity contribution in [1.29, 1.82) is 0 Å². The number of fused-ring (bicyclic) bond motifs is 1. The summed E-state index contributed by atoms with van der Waals surface area (Å²) in [6, 6.07) is 0.275. The molecule has 0 radical (unpaired) electrons. The van der Waals surface area contributed by atoms with Gasteiger partial charge in [-0.3, -0.25) is 0 Å². The Labute approximate surface area is 140 Å². The first-order valence-electron chi connectivity index (χ1n) is 9.53. The summed E-state index contributed by atoms with van der Waals surface area (Å²) in [6.45, 7) is 4.47. The van der Waals surface area contributed by atoms with Crippen molar-refractivity contribution in [3.05, 3.63) is 23.6 Å². The number of hydrogen-bond acceptors (Lipinski definition) is 4. The Kier molecular flexibility index (Phi) is 6.40. The van der Waals surface area contributed by atoms with Crippen LogP contribution >= 0.6 is 0 Å². The smallest absolute Gasteiger partial charge is 0.0992 e. The summed E-state index contributed by atoms with van der Waals surface area (Å²) < 4.78 is 5.45. The van der Waals surface area contributed by atoms with Gasteiger partial charge in [0, 0.05) is 30.7 Å². The fraction of sp³-hybridized carbons (Fsp3) is 0.789. The molecule has 0 spiro atoms. The molecule has 3 rings (SSSR count). The molecule has 2 aliphatic heterocycles. The molecule has 3 aliphatic rings. The molecule has 0 saturated carbocycles. The van der Waals surface area contributed by atoms with Gasteiger partial charge in [-0.15, -0.1) is 0 Å². The van der Waals surface area contributed by atoms with E-state index in [2.05, 4.69) is 16.3 Å². The van der Waals surface area contributed by atoms with Crippen molar-refractivity contribution in [1.82, 2.24) is 10.2 Å². The molecule has 4 heteroatoms. The summed E-state index contributed by atoms with van der Waals surface area (Å²) >= 11 is 0. The summed E-state index contributed by atoms with van der Waals surface area (Å²) in [6.07, 6.45) is 14.6. The van der Waals surface area contributed by atoms with E-state index in [4.69, 9.17) is 4.74 Å². The maximum Gasteiger partial charge on any atom is 0.0992 e. The van der Waals surface area contributed by atoms with Crippen LogP contribution in [0.2, 0.25) is 0 Å². The average Bonchev–Trinajstić information content (AvgIpc) is 2.57. The second-order valence-corrected chi connectivity index (χ2v) is 7.11. The van der Waals surface area contributed by atoms with E-state index in [-0.39, 0.29) is 12.0 Å². The molecule has 2 fully saturated rings. The van der Waals surface area contributed by atoms with E-state index in [0.29, 0.717) is 5.76 Å². The van der Waals surface area contributed by atoms with Crippen molar-refractivity contribution < 1.29 is 9.84 Å². The molecule has 130 valence electrons. The molecule has 1 aliphatic carbocycles. The zero-order chi connectivity index (χ0) is 15.9. The van der Waals surface area contributed by atoms with Crippen molar-refractivity contribution in [2.45, 2.75) is 57.4 Å². The summed E-state index contributed by atoms with van der Waals surface area (Å²) in [5.41, 5.74) is 1.17. The molecule has 0 bridgehead atoms. The molecule has 0 amide bonds. The molecule has 23 heavy (non-hydrogen) atoms. The molecule has 2 N–H and O–H groups in total. The molecule has 0 aromatic heterocycles. The Bertz CT molecular complexity index is 427. The zero-order valence-electron chi connectivity index (χ0n) is 14.3. The molecule has 2 saturated heterocycles. The highest BCUT2D eigenvalue weighted by atomic mass is 16.5. The third kappa shape index (κ3) is 4.74. The fourth-order valence-corrected chi connectivity index (χ4v) is 3.98. The highest BCUT2D eigenvalue weighted by Crippen LogP contribution is 2.29. The van der Waals surface area contributed by atoms with Gasteiger partial charge in [0.25, 0.3) is 0 Å². The molecule has 0 aromatic rings. The van der Waals surface area contributed by atoms with Crippen molar-refractivity contribution >= 4 is 0 Å². The van der Waals surface area contributed by atoms with Crippen LogP contribution in [-0.4, -0.2) is 48.9 Å². The lowest BCUT2D eigenvalue weighted by atomic mass is 9.86. The van der Waals surface area contributed by atoms with Crippen LogP contribution in [-0.2, 0) is 4.74 Å². The summed E-state index contributed by atoms with van der Waals surface area (Å²) in [7, 11) is 0. The highest BCUT2D eigenvalue weighted by Gasteiger charge is 2.28. The number of nitrogens with one attached hydrogen (secondary N) is 1. The molecular weight excluding hydrogens is 288 g/mol. The first-order valence-corrected chi connectivity index (χ1v) is 9.53. The van der Waals surface area contributed by atoms with Gasteiger partial charge in [0.15, 0.2) is 0 Å². The largest absolute Gasteiger partial charge is 0.512 e. The number of nitrogens with zero attached hydrogens (tertiary/aromatic N) is 1. The maximum atomic E-state index is 10.6. The van der Waals surface area contributed by atoms with Gasteiger partial charge >= 0.3 is 0 Å². The predicted octanol–water partition coefficient (Wildman–Crippen LogP) is 3.37. The number of aliphatic hydroxyl groups is 1. The standard InChI is InChI=1S/C19H32N2O2/c22-19-15-16(21-10-12-23-13-11-21)14-18-17(19)8-6-4-2-1-3-5-7-9-20-18/h14-15,17-18,20,22H,1-13H2. The van der Waals surface area contributed by atoms with Gasteiger partial charge in [0.2, 0.25) is 0 Å². The summed E-state index contributed by atoms with van der Waals surface area (Å²) in [5.74, 6) is 0.822. The Balaban J connectivity index is 1.69.